The van der Waals surface area contributed by atoms with Crippen molar-refractivity contribution in [2.75, 3.05) is 12.4 Å². The zero-order valence-corrected chi connectivity index (χ0v) is 18.6. The summed E-state index contributed by atoms with van der Waals surface area (Å²) in [4.78, 5) is 18.7. The van der Waals surface area contributed by atoms with Gasteiger partial charge in [-0.3, -0.25) is 4.79 Å². The minimum Gasteiger partial charge on any atom is -0.463 e. The number of pyridine rings is 1. The van der Waals surface area contributed by atoms with E-state index >= 15 is 0 Å². The molecule has 0 unspecified atom stereocenters. The van der Waals surface area contributed by atoms with Crippen LogP contribution in [0.4, 0.5) is 18.9 Å². The Labute approximate surface area is 194 Å². The lowest BCUT2D eigenvalue weighted by atomic mass is 9.89. The first-order chi connectivity index (χ1) is 16.3. The number of nitrogens with one attached hydrogen (secondary N) is 1. The van der Waals surface area contributed by atoms with Crippen molar-refractivity contribution < 1.29 is 22.4 Å². The number of carbonyl (C=O) groups excluding carboxylic acids is 1. The van der Waals surface area contributed by atoms with Crippen LogP contribution in [0, 0.1) is 0 Å². The molecule has 0 atom stereocenters. The minimum absolute atomic E-state index is 0.0152. The van der Waals surface area contributed by atoms with E-state index in [0.29, 0.717) is 27.7 Å². The zero-order chi connectivity index (χ0) is 23.9. The van der Waals surface area contributed by atoms with Gasteiger partial charge in [0.25, 0.3) is 5.91 Å². The van der Waals surface area contributed by atoms with Gasteiger partial charge in [-0.1, -0.05) is 36.4 Å². The summed E-state index contributed by atoms with van der Waals surface area (Å²) in [5.74, 6) is -0.0868. The largest absolute Gasteiger partial charge is 0.463 e. The van der Waals surface area contributed by atoms with Gasteiger partial charge in [0, 0.05) is 35.6 Å². The number of anilines is 1. The molecule has 5 nitrogen and oxygen atoms in total. The van der Waals surface area contributed by atoms with E-state index in [1.54, 1.807) is 36.2 Å². The summed E-state index contributed by atoms with van der Waals surface area (Å²) in [6, 6.07) is 15.4. The van der Waals surface area contributed by atoms with Gasteiger partial charge < -0.3 is 14.6 Å². The minimum atomic E-state index is -4.52. The Bertz CT molecular complexity index is 1340. The third-order valence-electron chi connectivity index (χ3n) is 6.64. The average molecular weight is 467 g/mol. The van der Waals surface area contributed by atoms with E-state index in [1.165, 1.54) is 6.26 Å². The fourth-order valence-electron chi connectivity index (χ4n) is 4.77. The van der Waals surface area contributed by atoms with Crippen LogP contribution < -0.4 is 5.32 Å². The quantitative estimate of drug-likeness (QED) is 0.372. The maximum absolute atomic E-state index is 13.4. The Kier molecular flexibility index (Phi) is 5.67. The van der Waals surface area contributed by atoms with E-state index in [4.69, 9.17) is 4.42 Å². The number of fused-ring (bicyclic) bond motifs is 2. The third-order valence-corrected chi connectivity index (χ3v) is 6.64. The molecule has 2 aromatic carbocycles. The number of halogens is 3. The molecular formula is C26H24F3N3O2. The number of rotatable bonds is 4. The first-order valence-corrected chi connectivity index (χ1v) is 11.3. The van der Waals surface area contributed by atoms with Gasteiger partial charge >= 0.3 is 6.18 Å². The van der Waals surface area contributed by atoms with Crippen molar-refractivity contribution in [1.29, 1.82) is 0 Å². The summed E-state index contributed by atoms with van der Waals surface area (Å²) >= 11 is 0. The van der Waals surface area contributed by atoms with Crippen LogP contribution in [0.5, 0.6) is 0 Å². The zero-order valence-electron chi connectivity index (χ0n) is 18.6. The summed E-state index contributed by atoms with van der Waals surface area (Å²) in [5, 5.41) is 4.77. The number of hydrogen-bond acceptors (Lipinski definition) is 4. The van der Waals surface area contributed by atoms with E-state index in [0.717, 1.165) is 37.1 Å². The molecule has 1 aliphatic rings. The van der Waals surface area contributed by atoms with Crippen molar-refractivity contribution >= 4 is 33.5 Å². The summed E-state index contributed by atoms with van der Waals surface area (Å²) in [5.41, 5.74) is 1.07. The molecule has 1 saturated carbocycles. The smallest absolute Gasteiger partial charge is 0.433 e. The molecule has 176 valence electrons. The molecule has 0 spiro atoms. The van der Waals surface area contributed by atoms with Crippen molar-refractivity contribution in [2.45, 2.75) is 43.9 Å². The molecule has 2 aromatic heterocycles. The van der Waals surface area contributed by atoms with E-state index in [-0.39, 0.29) is 18.0 Å². The van der Waals surface area contributed by atoms with E-state index in [9.17, 15) is 18.0 Å². The third kappa shape index (κ3) is 4.20. The number of hydrogen-bond donors (Lipinski definition) is 1. The highest BCUT2D eigenvalue weighted by Gasteiger charge is 2.34. The molecule has 1 aliphatic carbocycles. The van der Waals surface area contributed by atoms with Gasteiger partial charge in [-0.2, -0.15) is 13.2 Å². The Morgan fingerprint density at radius 1 is 1.03 bits per heavy atom. The predicted octanol–water partition coefficient (Wildman–Crippen LogP) is 6.50. The van der Waals surface area contributed by atoms with Gasteiger partial charge in [-0.25, -0.2) is 4.98 Å². The molecule has 0 aliphatic heterocycles. The van der Waals surface area contributed by atoms with Gasteiger partial charge in [0.1, 0.15) is 17.5 Å². The van der Waals surface area contributed by atoms with Crippen LogP contribution in [0.2, 0.25) is 0 Å². The van der Waals surface area contributed by atoms with Crippen molar-refractivity contribution in [3.8, 4) is 0 Å². The molecule has 4 aromatic rings. The van der Waals surface area contributed by atoms with E-state index in [1.807, 2.05) is 24.3 Å². The Morgan fingerprint density at radius 3 is 2.44 bits per heavy atom. The lowest BCUT2D eigenvalue weighted by Crippen LogP contribution is -2.41. The van der Waals surface area contributed by atoms with Gasteiger partial charge in [0.15, 0.2) is 0 Å². The first kappa shape index (κ1) is 22.3. The molecule has 1 amide bonds. The number of benzene rings is 2. The highest BCUT2D eigenvalue weighted by molar-refractivity contribution is 6.05. The summed E-state index contributed by atoms with van der Waals surface area (Å²) in [7, 11) is 1.80. The van der Waals surface area contributed by atoms with Gasteiger partial charge in [0.05, 0.1) is 11.1 Å². The standard InChI is InChI=1S/C26H24F3N3O2/c1-32(25(33)20-15-34-23-9-5-3-6-18(20)23)17-12-10-16(11-13-17)30-22-14-24(26(27,28)29)31-21-8-4-2-7-19(21)22/h2-9,14-17H,10-13H2,1H3,(H,30,31). The van der Waals surface area contributed by atoms with Gasteiger partial charge in [0.2, 0.25) is 0 Å². The number of carbonyl (C=O) groups is 1. The van der Waals surface area contributed by atoms with Gasteiger partial charge in [-0.15, -0.1) is 0 Å². The van der Waals surface area contributed by atoms with Crippen LogP contribution in [0.1, 0.15) is 41.7 Å². The first-order valence-electron chi connectivity index (χ1n) is 11.3. The van der Waals surface area contributed by atoms with Crippen molar-refractivity contribution in [2.24, 2.45) is 0 Å². The SMILES string of the molecule is CN(C(=O)c1coc2ccccc12)C1CCC(Nc2cc(C(F)(F)F)nc3ccccc23)CC1. The molecule has 0 radical (unpaired) electrons. The van der Waals surface area contributed by atoms with Crippen LogP contribution in [0.15, 0.2) is 65.3 Å². The topological polar surface area (TPSA) is 58.4 Å². The van der Waals surface area contributed by atoms with Crippen molar-refractivity contribution in [1.82, 2.24) is 9.88 Å². The molecule has 2 heterocycles. The Hall–Kier alpha value is -3.55. The highest BCUT2D eigenvalue weighted by atomic mass is 19.4. The molecule has 0 saturated heterocycles. The molecule has 1 N–H and O–H groups in total. The van der Waals surface area contributed by atoms with Gasteiger partial charge in [-0.05, 0) is 43.9 Å². The number of para-hydroxylation sites is 2. The fraction of sp³-hybridized carbons (Fsp3) is 0.308. The van der Waals surface area contributed by atoms with Crippen molar-refractivity contribution in [3.63, 3.8) is 0 Å². The molecule has 0 bridgehead atoms. The molecular weight excluding hydrogens is 443 g/mol. The summed E-state index contributed by atoms with van der Waals surface area (Å²) in [6.45, 7) is 0. The number of aromatic nitrogens is 1. The van der Waals surface area contributed by atoms with Crippen LogP contribution in [-0.2, 0) is 6.18 Å². The number of alkyl halides is 3. The molecule has 34 heavy (non-hydrogen) atoms. The second-order valence-electron chi connectivity index (χ2n) is 8.78. The summed E-state index contributed by atoms with van der Waals surface area (Å²) < 4.78 is 45.6. The maximum Gasteiger partial charge on any atom is 0.433 e. The lowest BCUT2D eigenvalue weighted by molar-refractivity contribution is -0.140. The van der Waals surface area contributed by atoms with Crippen LogP contribution in [0.25, 0.3) is 21.9 Å². The molecule has 8 heteroatoms. The second-order valence-corrected chi connectivity index (χ2v) is 8.78. The normalized spacial score (nSPS) is 18.8. The number of amides is 1. The van der Waals surface area contributed by atoms with Crippen molar-refractivity contribution in [3.05, 3.63) is 72.1 Å². The predicted molar refractivity (Wildman–Crippen MR) is 125 cm³/mol. The van der Waals surface area contributed by atoms with Crippen LogP contribution in [-0.4, -0.2) is 34.9 Å². The van der Waals surface area contributed by atoms with E-state index in [2.05, 4.69) is 10.3 Å². The fourth-order valence-corrected chi connectivity index (χ4v) is 4.77. The van der Waals surface area contributed by atoms with Crippen LogP contribution in [0.3, 0.4) is 0 Å². The summed E-state index contributed by atoms with van der Waals surface area (Å²) in [6.07, 6.45) is -0.0174. The molecule has 5 rings (SSSR count). The monoisotopic (exact) mass is 467 g/mol. The second kappa shape index (κ2) is 8.66. The lowest BCUT2D eigenvalue weighted by Gasteiger charge is -2.35. The Balaban J connectivity index is 1.29. The highest BCUT2D eigenvalue weighted by Crippen LogP contribution is 2.35. The number of furan rings is 1. The van der Waals surface area contributed by atoms with E-state index < -0.39 is 11.9 Å². The average Bonchev–Trinajstić information content (AvgIpc) is 3.27. The maximum atomic E-state index is 13.4. The molecule has 1 fully saturated rings. The number of nitrogens with zero attached hydrogens (tertiary/aromatic N) is 2. The Morgan fingerprint density at radius 2 is 1.71 bits per heavy atom. The van der Waals surface area contributed by atoms with Crippen LogP contribution >= 0.6 is 0 Å².